The fourth-order valence-corrected chi connectivity index (χ4v) is 3.25. The number of hydrogen-bond acceptors (Lipinski definition) is 4. The average molecular weight is 255 g/mol. The molecule has 17 heavy (non-hydrogen) atoms. The minimum atomic E-state index is -3.66. The van der Waals surface area contributed by atoms with E-state index in [0.29, 0.717) is 5.69 Å². The zero-order valence-electron chi connectivity index (χ0n) is 9.63. The van der Waals surface area contributed by atoms with Gasteiger partial charge in [-0.1, -0.05) is 25.3 Å². The molecule has 5 heteroatoms. The maximum Gasteiger partial charge on any atom is 0.297 e. The molecule has 0 aromatic heterocycles. The van der Waals surface area contributed by atoms with Crippen LogP contribution in [0, 0.1) is 0 Å². The van der Waals surface area contributed by atoms with E-state index in [1.165, 1.54) is 12.1 Å². The lowest BCUT2D eigenvalue weighted by Crippen LogP contribution is -2.21. The van der Waals surface area contributed by atoms with E-state index in [0.717, 1.165) is 32.1 Å². The van der Waals surface area contributed by atoms with Crippen LogP contribution in [0.15, 0.2) is 29.2 Å². The van der Waals surface area contributed by atoms with Crippen molar-refractivity contribution in [3.63, 3.8) is 0 Å². The Hall–Kier alpha value is -1.07. The maximum absolute atomic E-state index is 12.0. The summed E-state index contributed by atoms with van der Waals surface area (Å²) in [7, 11) is -3.66. The predicted molar refractivity (Wildman–Crippen MR) is 66.0 cm³/mol. The van der Waals surface area contributed by atoms with Gasteiger partial charge in [0, 0.05) is 5.69 Å². The lowest BCUT2D eigenvalue weighted by molar-refractivity contribution is 0.162. The third-order valence-electron chi connectivity index (χ3n) is 2.96. The molecule has 0 amide bonds. The summed E-state index contributed by atoms with van der Waals surface area (Å²) < 4.78 is 29.2. The Morgan fingerprint density at radius 2 is 1.88 bits per heavy atom. The molecule has 0 atom stereocenters. The first kappa shape index (κ1) is 12.4. The second-order valence-electron chi connectivity index (χ2n) is 4.38. The van der Waals surface area contributed by atoms with Crippen molar-refractivity contribution in [3.05, 3.63) is 24.3 Å². The van der Waals surface area contributed by atoms with E-state index in [-0.39, 0.29) is 11.0 Å². The molecule has 0 spiro atoms. The summed E-state index contributed by atoms with van der Waals surface area (Å²) in [5, 5.41) is 0. The van der Waals surface area contributed by atoms with Crippen LogP contribution in [0.4, 0.5) is 5.69 Å². The van der Waals surface area contributed by atoms with Crippen LogP contribution in [0.1, 0.15) is 32.1 Å². The van der Waals surface area contributed by atoms with Gasteiger partial charge >= 0.3 is 0 Å². The number of benzene rings is 1. The van der Waals surface area contributed by atoms with Crippen molar-refractivity contribution in [1.29, 1.82) is 0 Å². The fraction of sp³-hybridized carbons (Fsp3) is 0.500. The van der Waals surface area contributed by atoms with Gasteiger partial charge in [0.25, 0.3) is 10.1 Å². The molecule has 0 bridgehead atoms. The van der Waals surface area contributed by atoms with Gasteiger partial charge in [0.05, 0.1) is 11.0 Å². The van der Waals surface area contributed by atoms with Crippen molar-refractivity contribution in [3.8, 4) is 0 Å². The molecule has 0 heterocycles. The Bertz CT molecular complexity index is 478. The molecule has 0 aliphatic heterocycles. The summed E-state index contributed by atoms with van der Waals surface area (Å²) in [5.41, 5.74) is 6.00. The molecule has 0 unspecified atom stereocenters. The SMILES string of the molecule is Nc1cccc(S(=O)(=O)OC2CCCCC2)c1. The number of nitrogen functional groups attached to an aromatic ring is 1. The average Bonchev–Trinajstić information content (AvgIpc) is 2.30. The largest absolute Gasteiger partial charge is 0.399 e. The Morgan fingerprint density at radius 3 is 2.53 bits per heavy atom. The second kappa shape index (κ2) is 5.06. The van der Waals surface area contributed by atoms with Crippen LogP contribution >= 0.6 is 0 Å². The van der Waals surface area contributed by atoms with Gasteiger partial charge in [-0.2, -0.15) is 8.42 Å². The minimum absolute atomic E-state index is 0.142. The lowest BCUT2D eigenvalue weighted by atomic mass is 9.98. The van der Waals surface area contributed by atoms with Crippen LogP contribution in [0.25, 0.3) is 0 Å². The molecule has 0 radical (unpaired) electrons. The highest BCUT2D eigenvalue weighted by molar-refractivity contribution is 7.86. The van der Waals surface area contributed by atoms with E-state index in [1.54, 1.807) is 12.1 Å². The van der Waals surface area contributed by atoms with E-state index in [2.05, 4.69) is 0 Å². The summed E-state index contributed by atoms with van der Waals surface area (Å²) in [6, 6.07) is 6.21. The summed E-state index contributed by atoms with van der Waals surface area (Å²) in [5.74, 6) is 0. The van der Waals surface area contributed by atoms with Gasteiger partial charge in [-0.3, -0.25) is 4.18 Å². The molecule has 1 aromatic rings. The quantitative estimate of drug-likeness (QED) is 0.664. The van der Waals surface area contributed by atoms with Crippen LogP contribution in [-0.4, -0.2) is 14.5 Å². The van der Waals surface area contributed by atoms with Crippen LogP contribution in [0.5, 0.6) is 0 Å². The molecule has 2 N–H and O–H groups in total. The van der Waals surface area contributed by atoms with Gasteiger partial charge in [0.1, 0.15) is 0 Å². The lowest BCUT2D eigenvalue weighted by Gasteiger charge is -2.21. The molecular weight excluding hydrogens is 238 g/mol. The monoisotopic (exact) mass is 255 g/mol. The zero-order valence-corrected chi connectivity index (χ0v) is 10.4. The van der Waals surface area contributed by atoms with Crippen molar-refractivity contribution in [1.82, 2.24) is 0 Å². The van der Waals surface area contributed by atoms with Gasteiger partial charge < -0.3 is 5.73 Å². The highest BCUT2D eigenvalue weighted by atomic mass is 32.2. The molecule has 1 aliphatic rings. The molecule has 1 fully saturated rings. The van der Waals surface area contributed by atoms with Crippen molar-refractivity contribution in [2.75, 3.05) is 5.73 Å². The van der Waals surface area contributed by atoms with Crippen molar-refractivity contribution >= 4 is 15.8 Å². The first-order chi connectivity index (χ1) is 8.08. The first-order valence-corrected chi connectivity index (χ1v) is 7.27. The van der Waals surface area contributed by atoms with Gasteiger partial charge in [-0.05, 0) is 31.0 Å². The molecule has 4 nitrogen and oxygen atoms in total. The fourth-order valence-electron chi connectivity index (χ4n) is 2.07. The minimum Gasteiger partial charge on any atom is -0.399 e. The Balaban J connectivity index is 2.13. The Morgan fingerprint density at radius 1 is 1.18 bits per heavy atom. The highest BCUT2D eigenvalue weighted by Gasteiger charge is 2.23. The maximum atomic E-state index is 12.0. The van der Waals surface area contributed by atoms with Gasteiger partial charge in [-0.25, -0.2) is 0 Å². The van der Waals surface area contributed by atoms with Crippen molar-refractivity contribution < 1.29 is 12.6 Å². The third kappa shape index (κ3) is 3.20. The summed E-state index contributed by atoms with van der Waals surface area (Å²) in [6.07, 6.45) is 4.71. The first-order valence-electron chi connectivity index (χ1n) is 5.87. The number of rotatable bonds is 3. The zero-order chi connectivity index (χ0) is 12.3. The molecule has 1 saturated carbocycles. The molecular formula is C12H17NO3S. The summed E-state index contributed by atoms with van der Waals surface area (Å²) in [6.45, 7) is 0. The Labute approximate surface area is 102 Å². The van der Waals surface area contributed by atoms with E-state index in [4.69, 9.17) is 9.92 Å². The van der Waals surface area contributed by atoms with Gasteiger partial charge in [0.2, 0.25) is 0 Å². The third-order valence-corrected chi connectivity index (χ3v) is 4.32. The molecule has 94 valence electrons. The van der Waals surface area contributed by atoms with E-state index in [1.807, 2.05) is 0 Å². The van der Waals surface area contributed by atoms with E-state index < -0.39 is 10.1 Å². The summed E-state index contributed by atoms with van der Waals surface area (Å²) in [4.78, 5) is 0.142. The van der Waals surface area contributed by atoms with Crippen molar-refractivity contribution in [2.45, 2.75) is 43.1 Å². The number of nitrogens with two attached hydrogens (primary N) is 1. The highest BCUT2D eigenvalue weighted by Crippen LogP contribution is 2.25. The van der Waals surface area contributed by atoms with Crippen LogP contribution < -0.4 is 5.73 Å². The molecule has 1 aliphatic carbocycles. The van der Waals surface area contributed by atoms with Gasteiger partial charge in [-0.15, -0.1) is 0 Å². The topological polar surface area (TPSA) is 69.4 Å². The molecule has 2 rings (SSSR count). The van der Waals surface area contributed by atoms with E-state index >= 15 is 0 Å². The predicted octanol–water partition coefficient (Wildman–Crippen LogP) is 2.31. The van der Waals surface area contributed by atoms with Crippen LogP contribution in [-0.2, 0) is 14.3 Å². The van der Waals surface area contributed by atoms with Crippen molar-refractivity contribution in [2.24, 2.45) is 0 Å². The Kier molecular flexibility index (Phi) is 3.69. The summed E-state index contributed by atoms with van der Waals surface area (Å²) >= 11 is 0. The van der Waals surface area contributed by atoms with Gasteiger partial charge in [0.15, 0.2) is 0 Å². The van der Waals surface area contributed by atoms with Crippen LogP contribution in [0.2, 0.25) is 0 Å². The standard InChI is InChI=1S/C12H17NO3S/c13-10-5-4-8-12(9-10)17(14,15)16-11-6-2-1-3-7-11/h4-5,8-9,11H,1-3,6-7,13H2. The van der Waals surface area contributed by atoms with Crippen LogP contribution in [0.3, 0.4) is 0 Å². The normalized spacial score (nSPS) is 18.1. The molecule has 0 saturated heterocycles. The van der Waals surface area contributed by atoms with E-state index in [9.17, 15) is 8.42 Å². The molecule has 1 aromatic carbocycles. The smallest absolute Gasteiger partial charge is 0.297 e. The number of hydrogen-bond donors (Lipinski definition) is 1. The number of anilines is 1. The second-order valence-corrected chi connectivity index (χ2v) is 5.95.